The number of aromatic nitrogens is 1. The number of carbonyl (C=O) groups is 1. The molecule has 0 aliphatic carbocycles. The molecule has 0 unspecified atom stereocenters. The molecule has 0 atom stereocenters. The Morgan fingerprint density at radius 3 is 2.74 bits per heavy atom. The number of fused-ring (bicyclic) bond motifs is 1. The van der Waals surface area contributed by atoms with Crippen molar-refractivity contribution in [2.75, 3.05) is 19.2 Å². The third-order valence-corrected chi connectivity index (χ3v) is 4.40. The fourth-order valence-electron chi connectivity index (χ4n) is 2.10. The van der Waals surface area contributed by atoms with Gasteiger partial charge in [0.05, 0.1) is 29.1 Å². The van der Waals surface area contributed by atoms with Gasteiger partial charge in [-0.05, 0) is 18.2 Å². The number of ether oxygens (including phenoxy) is 1. The lowest BCUT2D eigenvalue weighted by molar-refractivity contribution is 0.0600. The summed E-state index contributed by atoms with van der Waals surface area (Å²) >= 11 is 1.56. The molecule has 0 aliphatic heterocycles. The average molecular weight is 325 g/mol. The second-order valence-electron chi connectivity index (χ2n) is 4.81. The molecular formula is C17H15N3O2S. The van der Waals surface area contributed by atoms with Crippen molar-refractivity contribution in [3.05, 3.63) is 59.7 Å². The number of anilines is 1. The van der Waals surface area contributed by atoms with Crippen molar-refractivity contribution in [1.29, 1.82) is 0 Å². The monoisotopic (exact) mass is 325 g/mol. The van der Waals surface area contributed by atoms with Gasteiger partial charge < -0.3 is 4.74 Å². The summed E-state index contributed by atoms with van der Waals surface area (Å²) in [6.07, 6.45) is 1.64. The van der Waals surface area contributed by atoms with Crippen LogP contribution in [0.3, 0.4) is 0 Å². The maximum atomic E-state index is 11.8. The number of benzene rings is 2. The van der Waals surface area contributed by atoms with E-state index in [1.54, 1.807) is 34.7 Å². The summed E-state index contributed by atoms with van der Waals surface area (Å²) < 4.78 is 5.89. The zero-order valence-corrected chi connectivity index (χ0v) is 13.6. The number of hydrogen-bond donors (Lipinski definition) is 0. The smallest absolute Gasteiger partial charge is 0.338 e. The van der Waals surface area contributed by atoms with Crippen LogP contribution in [0.4, 0.5) is 5.13 Å². The third kappa shape index (κ3) is 3.22. The number of rotatable bonds is 4. The summed E-state index contributed by atoms with van der Waals surface area (Å²) in [6.45, 7) is 0. The van der Waals surface area contributed by atoms with Crippen LogP contribution in [0.2, 0.25) is 0 Å². The Morgan fingerprint density at radius 2 is 1.96 bits per heavy atom. The fraction of sp³-hybridized carbons (Fsp3) is 0.118. The van der Waals surface area contributed by atoms with Crippen molar-refractivity contribution in [3.8, 4) is 0 Å². The minimum absolute atomic E-state index is 0.380. The first-order valence-electron chi connectivity index (χ1n) is 6.99. The lowest BCUT2D eigenvalue weighted by atomic mass is 10.1. The predicted octanol–water partition coefficient (Wildman–Crippen LogP) is 3.55. The van der Waals surface area contributed by atoms with Crippen molar-refractivity contribution < 1.29 is 9.53 Å². The molecule has 0 spiro atoms. The van der Waals surface area contributed by atoms with Crippen LogP contribution in [0.5, 0.6) is 0 Å². The zero-order valence-electron chi connectivity index (χ0n) is 12.8. The average Bonchev–Trinajstić information content (AvgIpc) is 3.03. The van der Waals surface area contributed by atoms with Crippen molar-refractivity contribution in [1.82, 2.24) is 4.98 Å². The summed E-state index contributed by atoms with van der Waals surface area (Å²) in [5, 5.41) is 6.87. The van der Waals surface area contributed by atoms with Gasteiger partial charge in [0.1, 0.15) is 0 Å². The highest BCUT2D eigenvalue weighted by Crippen LogP contribution is 2.27. The van der Waals surface area contributed by atoms with E-state index in [0.29, 0.717) is 11.1 Å². The molecule has 1 aromatic heterocycles. The van der Waals surface area contributed by atoms with E-state index in [0.717, 1.165) is 15.3 Å². The topological polar surface area (TPSA) is 54.8 Å². The number of para-hydroxylation sites is 1. The third-order valence-electron chi connectivity index (χ3n) is 3.30. The minimum atomic E-state index is -0.380. The SMILES string of the molecule is COC(=O)c1ccccc1/C=N/N(C)c1nc2ccccc2s1. The Kier molecular flexibility index (Phi) is 4.34. The molecule has 23 heavy (non-hydrogen) atoms. The Balaban J connectivity index is 1.86. The summed E-state index contributed by atoms with van der Waals surface area (Å²) in [5.41, 5.74) is 2.13. The number of hydrogen-bond acceptors (Lipinski definition) is 6. The molecule has 0 saturated carbocycles. The largest absolute Gasteiger partial charge is 0.465 e. The molecular weight excluding hydrogens is 310 g/mol. The summed E-state index contributed by atoms with van der Waals surface area (Å²) in [4.78, 5) is 16.3. The van der Waals surface area contributed by atoms with Gasteiger partial charge in [-0.25, -0.2) is 14.8 Å². The molecule has 0 fully saturated rings. The van der Waals surface area contributed by atoms with E-state index in [-0.39, 0.29) is 5.97 Å². The van der Waals surface area contributed by atoms with Crippen molar-refractivity contribution in [3.63, 3.8) is 0 Å². The van der Waals surface area contributed by atoms with E-state index < -0.39 is 0 Å². The van der Waals surface area contributed by atoms with Gasteiger partial charge in [-0.1, -0.05) is 41.7 Å². The van der Waals surface area contributed by atoms with Crippen LogP contribution in [0.1, 0.15) is 15.9 Å². The molecule has 0 N–H and O–H groups in total. The number of esters is 1. The van der Waals surface area contributed by atoms with E-state index in [4.69, 9.17) is 4.74 Å². The van der Waals surface area contributed by atoms with Crippen LogP contribution < -0.4 is 5.01 Å². The van der Waals surface area contributed by atoms with Crippen LogP contribution in [0.15, 0.2) is 53.6 Å². The Bertz CT molecular complexity index is 840. The molecule has 2 aromatic carbocycles. The molecule has 0 bridgehead atoms. The van der Waals surface area contributed by atoms with E-state index in [1.165, 1.54) is 7.11 Å². The van der Waals surface area contributed by atoms with Crippen LogP contribution >= 0.6 is 11.3 Å². The molecule has 3 aromatic rings. The summed E-state index contributed by atoms with van der Waals surface area (Å²) in [7, 11) is 3.19. The Labute approximate surface area is 137 Å². The second kappa shape index (κ2) is 6.58. The van der Waals surface area contributed by atoms with E-state index in [2.05, 4.69) is 10.1 Å². The number of nitrogens with zero attached hydrogens (tertiary/aromatic N) is 3. The van der Waals surface area contributed by atoms with Gasteiger partial charge in [0, 0.05) is 12.6 Å². The van der Waals surface area contributed by atoms with Gasteiger partial charge in [0.2, 0.25) is 5.13 Å². The normalized spacial score (nSPS) is 11.0. The number of hydrazone groups is 1. The first-order chi connectivity index (χ1) is 11.2. The highest BCUT2D eigenvalue weighted by molar-refractivity contribution is 7.22. The first kappa shape index (κ1) is 15.2. The maximum absolute atomic E-state index is 11.8. The number of thiazole rings is 1. The van der Waals surface area contributed by atoms with Gasteiger partial charge in [-0.3, -0.25) is 0 Å². The van der Waals surface area contributed by atoms with E-state index >= 15 is 0 Å². The Morgan fingerprint density at radius 1 is 1.22 bits per heavy atom. The number of methoxy groups -OCH3 is 1. The van der Waals surface area contributed by atoms with Crippen LogP contribution in [0, 0.1) is 0 Å². The fourth-order valence-corrected chi connectivity index (χ4v) is 2.99. The van der Waals surface area contributed by atoms with E-state index in [9.17, 15) is 4.79 Å². The molecule has 3 rings (SSSR count). The van der Waals surface area contributed by atoms with Crippen LogP contribution in [-0.4, -0.2) is 31.3 Å². The van der Waals surface area contributed by atoms with Gasteiger partial charge in [0.15, 0.2) is 0 Å². The minimum Gasteiger partial charge on any atom is -0.465 e. The molecule has 0 amide bonds. The predicted molar refractivity (Wildman–Crippen MR) is 93.4 cm³/mol. The van der Waals surface area contributed by atoms with Gasteiger partial charge in [-0.2, -0.15) is 5.10 Å². The van der Waals surface area contributed by atoms with Crippen molar-refractivity contribution in [2.24, 2.45) is 5.10 Å². The maximum Gasteiger partial charge on any atom is 0.338 e. The second-order valence-corrected chi connectivity index (χ2v) is 5.82. The highest BCUT2D eigenvalue weighted by Gasteiger charge is 2.10. The molecule has 0 aliphatic rings. The zero-order chi connectivity index (χ0) is 16.2. The molecule has 0 radical (unpaired) electrons. The lowest BCUT2D eigenvalue weighted by Crippen LogP contribution is -2.10. The van der Waals surface area contributed by atoms with Crippen LogP contribution in [-0.2, 0) is 4.74 Å². The summed E-state index contributed by atoms with van der Waals surface area (Å²) in [5.74, 6) is -0.380. The Hall–Kier alpha value is -2.73. The summed E-state index contributed by atoms with van der Waals surface area (Å²) in [6, 6.07) is 15.1. The van der Waals surface area contributed by atoms with Gasteiger partial charge in [-0.15, -0.1) is 0 Å². The lowest BCUT2D eigenvalue weighted by Gasteiger charge is -2.08. The standard InChI is InChI=1S/C17H15N3O2S/c1-20(17-19-14-9-5-6-10-15(14)23-17)18-11-12-7-3-4-8-13(12)16(21)22-2/h3-11H,1-2H3/b18-11+. The molecule has 6 heteroatoms. The molecule has 0 saturated heterocycles. The van der Waals surface area contributed by atoms with Gasteiger partial charge >= 0.3 is 5.97 Å². The first-order valence-corrected chi connectivity index (χ1v) is 7.81. The van der Waals surface area contributed by atoms with Crippen LogP contribution in [0.25, 0.3) is 10.2 Å². The molecule has 116 valence electrons. The van der Waals surface area contributed by atoms with Crippen molar-refractivity contribution in [2.45, 2.75) is 0 Å². The molecule has 5 nitrogen and oxygen atoms in total. The quantitative estimate of drug-likeness (QED) is 0.418. The van der Waals surface area contributed by atoms with Gasteiger partial charge in [0.25, 0.3) is 0 Å². The highest BCUT2D eigenvalue weighted by atomic mass is 32.1. The van der Waals surface area contributed by atoms with E-state index in [1.807, 2.05) is 43.4 Å². The van der Waals surface area contributed by atoms with Crippen molar-refractivity contribution >= 4 is 38.9 Å². The number of carbonyl (C=O) groups excluding carboxylic acids is 1. The molecule has 1 heterocycles.